The summed E-state index contributed by atoms with van der Waals surface area (Å²) in [5.41, 5.74) is 11.5. The molecule has 184 valence electrons. The first kappa shape index (κ1) is 25.6. The SMILES string of the molecule is CCOCCCN(C(=O)c1snc(C(N)=O)c1N)[C@@H](C(=O)NC1CCCC1)c1ccc(F)cc1. The Morgan fingerprint density at radius 3 is 2.53 bits per heavy atom. The Bertz CT molecular complexity index is 1010. The minimum atomic E-state index is -1.03. The molecule has 34 heavy (non-hydrogen) atoms. The van der Waals surface area contributed by atoms with Crippen LogP contribution in [0.4, 0.5) is 10.1 Å². The Morgan fingerprint density at radius 1 is 1.26 bits per heavy atom. The smallest absolute Gasteiger partial charge is 0.270 e. The minimum absolute atomic E-state index is 0.0192. The molecule has 1 aliphatic rings. The van der Waals surface area contributed by atoms with E-state index in [-0.39, 0.29) is 34.8 Å². The molecule has 1 saturated carbocycles. The monoisotopic (exact) mass is 491 g/mol. The van der Waals surface area contributed by atoms with E-state index < -0.39 is 23.7 Å². The number of hydrogen-bond acceptors (Lipinski definition) is 7. The van der Waals surface area contributed by atoms with Gasteiger partial charge in [-0.15, -0.1) is 0 Å². The lowest BCUT2D eigenvalue weighted by molar-refractivity contribution is -0.126. The van der Waals surface area contributed by atoms with E-state index in [9.17, 15) is 18.8 Å². The molecular weight excluding hydrogens is 461 g/mol. The molecule has 0 bridgehead atoms. The van der Waals surface area contributed by atoms with Gasteiger partial charge >= 0.3 is 0 Å². The molecule has 5 N–H and O–H groups in total. The number of hydrogen-bond donors (Lipinski definition) is 3. The normalized spacial score (nSPS) is 14.6. The number of nitrogens with zero attached hydrogens (tertiary/aromatic N) is 2. The van der Waals surface area contributed by atoms with Crippen LogP contribution < -0.4 is 16.8 Å². The summed E-state index contributed by atoms with van der Waals surface area (Å²) in [6.45, 7) is 2.93. The van der Waals surface area contributed by atoms with Gasteiger partial charge in [-0.3, -0.25) is 14.4 Å². The second-order valence-electron chi connectivity index (χ2n) is 8.13. The molecule has 2 aromatic rings. The zero-order chi connectivity index (χ0) is 24.7. The minimum Gasteiger partial charge on any atom is -0.395 e. The number of halogens is 1. The number of anilines is 1. The van der Waals surface area contributed by atoms with E-state index in [2.05, 4.69) is 9.69 Å². The van der Waals surface area contributed by atoms with Gasteiger partial charge in [0.05, 0.1) is 5.69 Å². The van der Waals surface area contributed by atoms with Crippen molar-refractivity contribution in [2.24, 2.45) is 5.73 Å². The van der Waals surface area contributed by atoms with E-state index >= 15 is 0 Å². The number of aromatic nitrogens is 1. The lowest BCUT2D eigenvalue weighted by Gasteiger charge is -2.32. The van der Waals surface area contributed by atoms with Crippen LogP contribution in [0, 0.1) is 5.82 Å². The van der Waals surface area contributed by atoms with Crippen LogP contribution in [0.1, 0.15) is 70.8 Å². The van der Waals surface area contributed by atoms with Crippen molar-refractivity contribution in [1.82, 2.24) is 14.6 Å². The molecule has 3 amide bonds. The number of primary amides is 1. The molecule has 0 unspecified atom stereocenters. The number of nitrogen functional groups attached to an aromatic ring is 1. The van der Waals surface area contributed by atoms with Gasteiger partial charge < -0.3 is 26.4 Å². The molecule has 1 heterocycles. The van der Waals surface area contributed by atoms with Crippen LogP contribution >= 0.6 is 11.5 Å². The van der Waals surface area contributed by atoms with Gasteiger partial charge in [0.25, 0.3) is 11.8 Å². The predicted molar refractivity (Wildman–Crippen MR) is 127 cm³/mol. The summed E-state index contributed by atoms with van der Waals surface area (Å²) in [4.78, 5) is 40.2. The van der Waals surface area contributed by atoms with Crippen molar-refractivity contribution >= 4 is 34.9 Å². The zero-order valence-electron chi connectivity index (χ0n) is 19.1. The van der Waals surface area contributed by atoms with Gasteiger partial charge in [0.15, 0.2) is 5.69 Å². The fourth-order valence-corrected chi connectivity index (χ4v) is 4.82. The lowest BCUT2D eigenvalue weighted by Crippen LogP contribution is -2.46. The maximum absolute atomic E-state index is 13.7. The van der Waals surface area contributed by atoms with E-state index in [1.165, 1.54) is 29.2 Å². The molecule has 1 aromatic heterocycles. The van der Waals surface area contributed by atoms with Crippen LogP contribution in [0.3, 0.4) is 0 Å². The molecule has 1 aromatic carbocycles. The standard InChI is InChI=1S/C23H30FN5O4S/c1-2-33-13-5-12-29(23(32)20-17(25)18(21(26)30)28-34-20)19(14-8-10-15(24)11-9-14)22(31)27-16-6-3-4-7-16/h8-11,16,19H,2-7,12-13,25H2,1H3,(H2,26,30)(H,27,31)/t19-/m1/s1. The molecule has 1 atom stereocenters. The zero-order valence-corrected chi connectivity index (χ0v) is 19.9. The van der Waals surface area contributed by atoms with Crippen LogP contribution in [-0.2, 0) is 9.53 Å². The van der Waals surface area contributed by atoms with Gasteiger partial charge in [0.1, 0.15) is 16.7 Å². The van der Waals surface area contributed by atoms with Gasteiger partial charge in [-0.1, -0.05) is 25.0 Å². The van der Waals surface area contributed by atoms with Gasteiger partial charge in [-0.05, 0) is 55.4 Å². The molecule has 1 fully saturated rings. The van der Waals surface area contributed by atoms with E-state index in [0.29, 0.717) is 25.2 Å². The highest BCUT2D eigenvalue weighted by Crippen LogP contribution is 2.30. The molecule has 11 heteroatoms. The highest BCUT2D eigenvalue weighted by atomic mass is 32.1. The van der Waals surface area contributed by atoms with Gasteiger partial charge in [0, 0.05) is 25.8 Å². The van der Waals surface area contributed by atoms with Crippen LogP contribution in [0.25, 0.3) is 0 Å². The third kappa shape index (κ3) is 6.09. The number of nitrogens with one attached hydrogen (secondary N) is 1. The van der Waals surface area contributed by atoms with E-state index in [1.807, 2.05) is 6.92 Å². The number of benzene rings is 1. The quantitative estimate of drug-likeness (QED) is 0.413. The third-order valence-corrected chi connectivity index (χ3v) is 6.61. The van der Waals surface area contributed by atoms with E-state index in [4.69, 9.17) is 16.2 Å². The summed E-state index contributed by atoms with van der Waals surface area (Å²) in [6.07, 6.45) is 4.23. The van der Waals surface area contributed by atoms with Crippen molar-refractivity contribution in [2.45, 2.75) is 51.1 Å². The van der Waals surface area contributed by atoms with Gasteiger partial charge in [-0.2, -0.15) is 4.37 Å². The Morgan fingerprint density at radius 2 is 1.94 bits per heavy atom. The Hall–Kier alpha value is -3.05. The average Bonchev–Trinajstić information content (AvgIpc) is 3.46. The van der Waals surface area contributed by atoms with E-state index in [1.54, 1.807) is 0 Å². The molecule has 0 saturated heterocycles. The summed E-state index contributed by atoms with van der Waals surface area (Å²) in [6, 6.07) is 4.46. The second-order valence-corrected chi connectivity index (χ2v) is 8.90. The summed E-state index contributed by atoms with van der Waals surface area (Å²) in [5, 5.41) is 3.04. The highest BCUT2D eigenvalue weighted by molar-refractivity contribution is 7.09. The summed E-state index contributed by atoms with van der Waals surface area (Å²) >= 11 is 0.754. The van der Waals surface area contributed by atoms with Crippen molar-refractivity contribution in [3.8, 4) is 0 Å². The summed E-state index contributed by atoms with van der Waals surface area (Å²) in [5.74, 6) is -2.22. The number of carbonyl (C=O) groups is 3. The van der Waals surface area contributed by atoms with Crippen molar-refractivity contribution in [1.29, 1.82) is 0 Å². The van der Waals surface area contributed by atoms with Crippen LogP contribution in [0.5, 0.6) is 0 Å². The summed E-state index contributed by atoms with van der Waals surface area (Å²) in [7, 11) is 0. The predicted octanol–water partition coefficient (Wildman–Crippen LogP) is 2.63. The Kier molecular flexibility index (Phi) is 8.94. The lowest BCUT2D eigenvalue weighted by atomic mass is 10.0. The third-order valence-electron chi connectivity index (χ3n) is 5.76. The molecule has 0 aliphatic heterocycles. The number of carbonyl (C=O) groups excluding carboxylic acids is 3. The molecule has 1 aliphatic carbocycles. The van der Waals surface area contributed by atoms with Crippen molar-refractivity contribution < 1.29 is 23.5 Å². The highest BCUT2D eigenvalue weighted by Gasteiger charge is 2.35. The number of amides is 3. The number of ether oxygens (including phenoxy) is 1. The Labute approximate surface area is 201 Å². The van der Waals surface area contributed by atoms with Gasteiger partial charge in [0.2, 0.25) is 5.91 Å². The maximum atomic E-state index is 13.7. The molecule has 3 rings (SSSR count). The van der Waals surface area contributed by atoms with Gasteiger partial charge in [-0.25, -0.2) is 4.39 Å². The van der Waals surface area contributed by atoms with Crippen LogP contribution in [0.15, 0.2) is 24.3 Å². The molecule has 0 spiro atoms. The fourth-order valence-electron chi connectivity index (χ4n) is 4.06. The Balaban J connectivity index is 1.99. The number of nitrogens with two attached hydrogens (primary N) is 2. The van der Waals surface area contributed by atoms with Crippen molar-refractivity contribution in [3.05, 3.63) is 46.2 Å². The first-order valence-corrected chi connectivity index (χ1v) is 12.1. The van der Waals surface area contributed by atoms with Crippen LogP contribution in [-0.4, -0.2) is 52.8 Å². The average molecular weight is 492 g/mol. The van der Waals surface area contributed by atoms with Crippen molar-refractivity contribution in [2.75, 3.05) is 25.5 Å². The first-order chi connectivity index (χ1) is 16.3. The molecular formula is C23H30FN5O4S. The molecule has 0 radical (unpaired) electrons. The summed E-state index contributed by atoms with van der Waals surface area (Å²) < 4.78 is 23.0. The fraction of sp³-hybridized carbons (Fsp3) is 0.478. The van der Waals surface area contributed by atoms with E-state index in [0.717, 1.165) is 37.2 Å². The number of rotatable bonds is 11. The topological polar surface area (TPSA) is 141 Å². The van der Waals surface area contributed by atoms with Crippen molar-refractivity contribution in [3.63, 3.8) is 0 Å². The maximum Gasteiger partial charge on any atom is 0.270 e. The van der Waals surface area contributed by atoms with Crippen LogP contribution in [0.2, 0.25) is 0 Å². The first-order valence-electron chi connectivity index (χ1n) is 11.3. The molecule has 9 nitrogen and oxygen atoms in total. The second kappa shape index (κ2) is 11.9. The largest absolute Gasteiger partial charge is 0.395 e.